The van der Waals surface area contributed by atoms with Crippen LogP contribution in [0.2, 0.25) is 0 Å². The molecule has 2 unspecified atom stereocenters. The van der Waals surface area contributed by atoms with Gasteiger partial charge in [0.15, 0.2) is 5.65 Å². The molecule has 0 aromatic carbocycles. The fourth-order valence-electron chi connectivity index (χ4n) is 3.65. The van der Waals surface area contributed by atoms with Gasteiger partial charge in [0.25, 0.3) is 0 Å². The maximum absolute atomic E-state index is 13.4. The first kappa shape index (κ1) is 24.6. The molecule has 5 rings (SSSR count). The van der Waals surface area contributed by atoms with E-state index in [9.17, 15) is 13.6 Å². The van der Waals surface area contributed by atoms with Gasteiger partial charge >= 0.3 is 0 Å². The number of rotatable bonds is 5. The minimum Gasteiger partial charge on any atom is -0.352 e. The molecule has 0 spiro atoms. The normalized spacial score (nSPS) is 25.1. The second kappa shape index (κ2) is 10.7. The Balaban J connectivity index is 0.000000215. The summed E-state index contributed by atoms with van der Waals surface area (Å²) in [6, 6.07) is 1.85. The Morgan fingerprint density at radius 1 is 1.19 bits per heavy atom. The van der Waals surface area contributed by atoms with E-state index in [0.29, 0.717) is 25.2 Å². The van der Waals surface area contributed by atoms with Gasteiger partial charge in [0.2, 0.25) is 5.91 Å². The molecule has 3 fully saturated rings. The van der Waals surface area contributed by atoms with E-state index in [1.54, 1.807) is 23.8 Å². The number of alkyl halides is 2. The van der Waals surface area contributed by atoms with E-state index in [-0.39, 0.29) is 18.2 Å². The number of amides is 1. The number of nitrogens with two attached hydrogens (primary N) is 1. The van der Waals surface area contributed by atoms with Gasteiger partial charge in [0, 0.05) is 25.4 Å². The predicted molar refractivity (Wildman–Crippen MR) is 121 cm³/mol. The third kappa shape index (κ3) is 8.11. The number of hydrogen-bond donors (Lipinski definition) is 2. The van der Waals surface area contributed by atoms with Crippen LogP contribution in [0.5, 0.6) is 0 Å². The van der Waals surface area contributed by atoms with Crippen molar-refractivity contribution in [2.24, 2.45) is 11.7 Å². The standard InChI is InChI=1S/C14H18FN5O.C7H13F.C3H6/c1-14(15)4-10(14)3-13(21)17-6-9-2-12-19-11(5-16)8-20(12)18-7-9;1-7(8)5-3-2-4-6-7;1-2-3-1/h2,7-8,10H,3-6,16H2,1H3,(H,17,21);2-6H2,1H3;1-3H2. The van der Waals surface area contributed by atoms with Crippen molar-refractivity contribution in [2.45, 2.75) is 102 Å². The molecule has 32 heavy (non-hydrogen) atoms. The van der Waals surface area contributed by atoms with Gasteiger partial charge in [-0.05, 0) is 44.7 Å². The van der Waals surface area contributed by atoms with E-state index >= 15 is 0 Å². The molecular formula is C24H37F2N5O. The zero-order valence-corrected chi connectivity index (χ0v) is 19.4. The third-order valence-corrected chi connectivity index (χ3v) is 6.14. The molecule has 2 heterocycles. The number of nitrogens with one attached hydrogen (secondary N) is 1. The van der Waals surface area contributed by atoms with E-state index < -0.39 is 11.3 Å². The minimum atomic E-state index is -1.16. The Morgan fingerprint density at radius 2 is 1.81 bits per heavy atom. The lowest BCUT2D eigenvalue weighted by Crippen LogP contribution is -2.24. The highest BCUT2D eigenvalue weighted by atomic mass is 19.1. The maximum Gasteiger partial charge on any atom is 0.220 e. The molecule has 0 radical (unpaired) electrons. The minimum absolute atomic E-state index is 0.132. The molecule has 3 N–H and O–H groups in total. The van der Waals surface area contributed by atoms with Crippen molar-refractivity contribution in [2.75, 3.05) is 0 Å². The van der Waals surface area contributed by atoms with Crippen molar-refractivity contribution in [3.8, 4) is 0 Å². The van der Waals surface area contributed by atoms with E-state index in [2.05, 4.69) is 15.4 Å². The molecule has 3 saturated carbocycles. The third-order valence-electron chi connectivity index (χ3n) is 6.14. The quantitative estimate of drug-likeness (QED) is 0.687. The smallest absolute Gasteiger partial charge is 0.220 e. The van der Waals surface area contributed by atoms with Crippen molar-refractivity contribution < 1.29 is 13.6 Å². The van der Waals surface area contributed by atoms with Gasteiger partial charge in [0.1, 0.15) is 11.3 Å². The molecule has 1 amide bonds. The maximum atomic E-state index is 13.4. The average molecular weight is 450 g/mol. The fraction of sp³-hybridized carbons (Fsp3) is 0.708. The van der Waals surface area contributed by atoms with E-state index in [1.165, 1.54) is 32.6 Å². The van der Waals surface area contributed by atoms with Crippen molar-refractivity contribution in [3.63, 3.8) is 0 Å². The SMILES string of the molecule is C1CC1.CC1(F)CC1CC(=O)NCc1cnn2cc(CN)nc2c1.CC1(F)CCCCC1. The number of hydrogen-bond acceptors (Lipinski definition) is 4. The van der Waals surface area contributed by atoms with Gasteiger partial charge in [-0.15, -0.1) is 0 Å². The first-order valence-corrected chi connectivity index (χ1v) is 11.9. The lowest BCUT2D eigenvalue weighted by molar-refractivity contribution is -0.121. The van der Waals surface area contributed by atoms with Gasteiger partial charge in [-0.3, -0.25) is 4.79 Å². The Bertz CT molecular complexity index is 883. The Labute approximate surface area is 189 Å². The van der Waals surface area contributed by atoms with Crippen molar-refractivity contribution in [3.05, 3.63) is 29.7 Å². The summed E-state index contributed by atoms with van der Waals surface area (Å²) in [5, 5.41) is 7.00. The monoisotopic (exact) mass is 449 g/mol. The second-order valence-electron chi connectivity index (χ2n) is 9.80. The molecule has 0 aliphatic heterocycles. The largest absolute Gasteiger partial charge is 0.352 e. The van der Waals surface area contributed by atoms with Gasteiger partial charge in [0.05, 0.1) is 18.1 Å². The van der Waals surface area contributed by atoms with Crippen LogP contribution in [0.3, 0.4) is 0 Å². The molecule has 8 heteroatoms. The van der Waals surface area contributed by atoms with Crippen LogP contribution in [-0.4, -0.2) is 31.8 Å². The molecular weight excluding hydrogens is 412 g/mol. The molecule has 6 nitrogen and oxygen atoms in total. The number of nitrogens with zero attached hydrogens (tertiary/aromatic N) is 3. The number of halogens is 2. The van der Waals surface area contributed by atoms with Crippen LogP contribution in [0.4, 0.5) is 8.78 Å². The van der Waals surface area contributed by atoms with Crippen LogP contribution in [-0.2, 0) is 17.9 Å². The van der Waals surface area contributed by atoms with E-state index in [4.69, 9.17) is 5.73 Å². The first-order valence-electron chi connectivity index (χ1n) is 11.9. The summed E-state index contributed by atoms with van der Waals surface area (Å²) in [7, 11) is 0. The summed E-state index contributed by atoms with van der Waals surface area (Å²) in [6.07, 6.45) is 13.6. The fourth-order valence-corrected chi connectivity index (χ4v) is 3.65. The summed E-state index contributed by atoms with van der Waals surface area (Å²) < 4.78 is 27.9. The number of carbonyl (C=O) groups is 1. The Kier molecular flexibility index (Phi) is 8.20. The molecule has 0 saturated heterocycles. The summed E-state index contributed by atoms with van der Waals surface area (Å²) >= 11 is 0. The summed E-state index contributed by atoms with van der Waals surface area (Å²) in [5.41, 5.74) is 5.86. The molecule has 2 aromatic heterocycles. The van der Waals surface area contributed by atoms with Crippen LogP contribution < -0.4 is 11.1 Å². The van der Waals surface area contributed by atoms with Crippen LogP contribution in [0.15, 0.2) is 18.5 Å². The Morgan fingerprint density at radius 3 is 2.31 bits per heavy atom. The highest BCUT2D eigenvalue weighted by Gasteiger charge is 2.51. The van der Waals surface area contributed by atoms with E-state index in [1.807, 2.05) is 6.07 Å². The van der Waals surface area contributed by atoms with Gasteiger partial charge in [-0.2, -0.15) is 5.10 Å². The summed E-state index contributed by atoms with van der Waals surface area (Å²) in [4.78, 5) is 16.0. The van der Waals surface area contributed by atoms with Crippen molar-refractivity contribution in [1.82, 2.24) is 19.9 Å². The van der Waals surface area contributed by atoms with Gasteiger partial charge in [-0.25, -0.2) is 18.3 Å². The lowest BCUT2D eigenvalue weighted by atomic mass is 9.88. The van der Waals surface area contributed by atoms with Crippen molar-refractivity contribution in [1.29, 1.82) is 0 Å². The lowest BCUT2D eigenvalue weighted by Gasteiger charge is -2.24. The van der Waals surface area contributed by atoms with Gasteiger partial charge < -0.3 is 11.1 Å². The van der Waals surface area contributed by atoms with E-state index in [0.717, 1.165) is 36.9 Å². The molecule has 2 atom stereocenters. The molecule has 3 aliphatic carbocycles. The molecule has 178 valence electrons. The van der Waals surface area contributed by atoms with Crippen molar-refractivity contribution >= 4 is 11.6 Å². The number of imidazole rings is 1. The zero-order chi connectivity index (χ0) is 23.2. The average Bonchev–Trinajstić information content (AvgIpc) is 3.67. The van der Waals surface area contributed by atoms with Crippen LogP contribution >= 0.6 is 0 Å². The zero-order valence-electron chi connectivity index (χ0n) is 19.4. The summed E-state index contributed by atoms with van der Waals surface area (Å²) in [5.74, 6) is -0.273. The predicted octanol–water partition coefficient (Wildman–Crippen LogP) is 4.79. The molecule has 3 aliphatic rings. The number of aromatic nitrogens is 3. The Hall–Kier alpha value is -2.09. The molecule has 0 bridgehead atoms. The highest BCUT2D eigenvalue weighted by Crippen LogP contribution is 2.48. The van der Waals surface area contributed by atoms with Crippen LogP contribution in [0, 0.1) is 5.92 Å². The number of carbonyl (C=O) groups excluding carboxylic acids is 1. The number of fused-ring (bicyclic) bond motifs is 1. The van der Waals surface area contributed by atoms with Crippen LogP contribution in [0.25, 0.3) is 5.65 Å². The first-order chi connectivity index (χ1) is 15.2. The van der Waals surface area contributed by atoms with Gasteiger partial charge in [-0.1, -0.05) is 38.5 Å². The topological polar surface area (TPSA) is 85.3 Å². The summed E-state index contributed by atoms with van der Waals surface area (Å²) in [6.45, 7) is 3.98. The van der Waals surface area contributed by atoms with Crippen LogP contribution in [0.1, 0.15) is 89.3 Å². The second-order valence-corrected chi connectivity index (χ2v) is 9.80. The molecule has 2 aromatic rings. The highest BCUT2D eigenvalue weighted by molar-refractivity contribution is 5.76.